The number of para-hydroxylation sites is 1. The van der Waals surface area contributed by atoms with E-state index in [-0.39, 0.29) is 0 Å². The second-order valence-electron chi connectivity index (χ2n) is 5.00. The van der Waals surface area contributed by atoms with E-state index < -0.39 is 0 Å². The molecule has 1 N–H and O–H groups in total. The van der Waals surface area contributed by atoms with Crippen LogP contribution in [0.4, 0.5) is 0 Å². The van der Waals surface area contributed by atoms with Gasteiger partial charge in [0.25, 0.3) is 0 Å². The fraction of sp³-hybridized carbons (Fsp3) is 0.500. The lowest BCUT2D eigenvalue weighted by Gasteiger charge is -2.03. The fourth-order valence-electron chi connectivity index (χ4n) is 2.84. The smallest absolute Gasteiger partial charge is 0.0515 e. The Balaban J connectivity index is 2.50. The number of nitrogens with one attached hydrogen (secondary N) is 1. The van der Waals surface area contributed by atoms with Crippen LogP contribution in [0.5, 0.6) is 0 Å². The van der Waals surface area contributed by atoms with Gasteiger partial charge >= 0.3 is 0 Å². The Morgan fingerprint density at radius 3 is 2.72 bits per heavy atom. The number of aryl methyl sites for hydroxylation is 3. The van der Waals surface area contributed by atoms with Crippen molar-refractivity contribution < 1.29 is 0 Å². The predicted molar refractivity (Wildman–Crippen MR) is 79.3 cm³/mol. The normalized spacial score (nSPS) is 11.3. The molecule has 0 fully saturated rings. The number of nitrogens with zero attached hydrogens (tertiary/aromatic N) is 1. The van der Waals surface area contributed by atoms with Crippen molar-refractivity contribution >= 4 is 10.9 Å². The minimum atomic E-state index is 1.09. The Bertz CT molecular complexity index is 538. The average molecular weight is 244 g/mol. The molecule has 0 unspecified atom stereocenters. The first-order valence-electron chi connectivity index (χ1n) is 6.91. The summed E-state index contributed by atoms with van der Waals surface area (Å²) in [5.74, 6) is 0. The summed E-state index contributed by atoms with van der Waals surface area (Å²) < 4.78 is 2.36. The van der Waals surface area contributed by atoms with Gasteiger partial charge in [-0.2, -0.15) is 0 Å². The molecule has 1 aromatic heterocycles. The Kier molecular flexibility index (Phi) is 4.07. The Hall–Kier alpha value is -1.28. The second kappa shape index (κ2) is 5.57. The van der Waals surface area contributed by atoms with Crippen LogP contribution in [-0.2, 0) is 19.9 Å². The summed E-state index contributed by atoms with van der Waals surface area (Å²) in [5.41, 5.74) is 5.83. The first-order chi connectivity index (χ1) is 8.70. The highest BCUT2D eigenvalue weighted by molar-refractivity contribution is 5.88. The summed E-state index contributed by atoms with van der Waals surface area (Å²) in [6, 6.07) is 6.72. The van der Waals surface area contributed by atoms with Crippen molar-refractivity contribution in [1.29, 1.82) is 0 Å². The van der Waals surface area contributed by atoms with Crippen molar-refractivity contribution in [2.24, 2.45) is 7.05 Å². The molecule has 0 aliphatic rings. The van der Waals surface area contributed by atoms with Crippen molar-refractivity contribution in [2.75, 3.05) is 13.6 Å². The maximum atomic E-state index is 3.23. The van der Waals surface area contributed by atoms with Crippen molar-refractivity contribution in [3.05, 3.63) is 35.0 Å². The highest BCUT2D eigenvalue weighted by Gasteiger charge is 2.13. The van der Waals surface area contributed by atoms with Crippen LogP contribution in [0.3, 0.4) is 0 Å². The first kappa shape index (κ1) is 13.2. The molecule has 2 aromatic rings. The van der Waals surface area contributed by atoms with Crippen LogP contribution < -0.4 is 5.32 Å². The number of benzene rings is 1. The molecule has 0 bridgehead atoms. The van der Waals surface area contributed by atoms with Gasteiger partial charge < -0.3 is 9.88 Å². The Labute approximate surface area is 110 Å². The summed E-state index contributed by atoms with van der Waals surface area (Å²) in [7, 11) is 4.21. The van der Waals surface area contributed by atoms with Crippen molar-refractivity contribution in [3.63, 3.8) is 0 Å². The van der Waals surface area contributed by atoms with E-state index in [0.29, 0.717) is 0 Å². The van der Waals surface area contributed by atoms with E-state index in [4.69, 9.17) is 0 Å². The van der Waals surface area contributed by atoms with Crippen molar-refractivity contribution in [1.82, 2.24) is 9.88 Å². The Morgan fingerprint density at radius 1 is 1.28 bits per heavy atom. The molecular weight excluding hydrogens is 220 g/mol. The molecule has 98 valence electrons. The van der Waals surface area contributed by atoms with Crippen LogP contribution >= 0.6 is 0 Å². The topological polar surface area (TPSA) is 17.0 Å². The molecule has 2 nitrogen and oxygen atoms in total. The summed E-state index contributed by atoms with van der Waals surface area (Å²) >= 11 is 0. The molecule has 1 aromatic carbocycles. The zero-order valence-electron chi connectivity index (χ0n) is 12.0. The van der Waals surface area contributed by atoms with Gasteiger partial charge in [0.15, 0.2) is 0 Å². The third-order valence-electron chi connectivity index (χ3n) is 3.95. The largest absolute Gasteiger partial charge is 0.347 e. The molecule has 0 atom stereocenters. The third kappa shape index (κ3) is 2.17. The number of rotatable bonds is 5. The van der Waals surface area contributed by atoms with Gasteiger partial charge in [0.05, 0.1) is 5.52 Å². The number of fused-ring (bicyclic) bond motifs is 1. The van der Waals surface area contributed by atoms with Gasteiger partial charge in [-0.15, -0.1) is 0 Å². The molecule has 0 aliphatic carbocycles. The standard InChI is InChI=1S/C16H24N2/c1-5-13-8-6-9-15-14(10-7-11-17-3)12(2)18(4)16(13)15/h6,8-9,17H,5,7,10-11H2,1-4H3. The van der Waals surface area contributed by atoms with Gasteiger partial charge in [0.1, 0.15) is 0 Å². The molecular formula is C16H24N2. The highest BCUT2D eigenvalue weighted by Crippen LogP contribution is 2.28. The van der Waals surface area contributed by atoms with E-state index in [9.17, 15) is 0 Å². The van der Waals surface area contributed by atoms with E-state index in [2.05, 4.69) is 49.0 Å². The lowest BCUT2D eigenvalue weighted by molar-refractivity contribution is 0.722. The van der Waals surface area contributed by atoms with Crippen molar-refractivity contribution in [2.45, 2.75) is 33.1 Å². The highest BCUT2D eigenvalue weighted by atomic mass is 14.9. The van der Waals surface area contributed by atoms with Crippen LogP contribution in [-0.4, -0.2) is 18.2 Å². The van der Waals surface area contributed by atoms with Gasteiger partial charge in [0, 0.05) is 18.1 Å². The second-order valence-corrected chi connectivity index (χ2v) is 5.00. The average Bonchev–Trinajstić information content (AvgIpc) is 2.64. The quantitative estimate of drug-likeness (QED) is 0.799. The molecule has 0 amide bonds. The van der Waals surface area contributed by atoms with Gasteiger partial charge in [-0.25, -0.2) is 0 Å². The lowest BCUT2D eigenvalue weighted by atomic mass is 10.0. The fourth-order valence-corrected chi connectivity index (χ4v) is 2.84. The van der Waals surface area contributed by atoms with Crippen LogP contribution in [0.15, 0.2) is 18.2 Å². The van der Waals surface area contributed by atoms with Gasteiger partial charge in [-0.05, 0) is 50.9 Å². The number of aromatic nitrogens is 1. The zero-order valence-corrected chi connectivity index (χ0v) is 12.0. The van der Waals surface area contributed by atoms with Crippen LogP contribution in [0.1, 0.15) is 30.2 Å². The minimum absolute atomic E-state index is 1.09. The van der Waals surface area contributed by atoms with Gasteiger partial charge in [-0.3, -0.25) is 0 Å². The summed E-state index contributed by atoms with van der Waals surface area (Å²) in [6.45, 7) is 5.56. The van der Waals surface area contributed by atoms with E-state index in [1.54, 1.807) is 0 Å². The molecule has 18 heavy (non-hydrogen) atoms. The maximum absolute atomic E-state index is 3.23. The monoisotopic (exact) mass is 244 g/mol. The van der Waals surface area contributed by atoms with E-state index >= 15 is 0 Å². The molecule has 0 radical (unpaired) electrons. The summed E-state index contributed by atoms with van der Waals surface area (Å²) in [6.07, 6.45) is 3.47. The molecule has 2 heteroatoms. The van der Waals surface area contributed by atoms with Crippen LogP contribution in [0, 0.1) is 6.92 Å². The molecule has 1 heterocycles. The van der Waals surface area contributed by atoms with Crippen molar-refractivity contribution in [3.8, 4) is 0 Å². The first-order valence-corrected chi connectivity index (χ1v) is 6.91. The predicted octanol–water partition coefficient (Wildman–Crippen LogP) is 3.20. The number of hydrogen-bond acceptors (Lipinski definition) is 1. The van der Waals surface area contributed by atoms with Crippen LogP contribution in [0.2, 0.25) is 0 Å². The van der Waals surface area contributed by atoms with Crippen LogP contribution in [0.25, 0.3) is 10.9 Å². The van der Waals surface area contributed by atoms with Gasteiger partial charge in [-0.1, -0.05) is 25.1 Å². The molecule has 0 aliphatic heterocycles. The summed E-state index contributed by atoms with van der Waals surface area (Å²) in [4.78, 5) is 0. The number of hydrogen-bond donors (Lipinski definition) is 1. The van der Waals surface area contributed by atoms with E-state index in [1.807, 2.05) is 7.05 Å². The van der Waals surface area contributed by atoms with E-state index in [1.165, 1.54) is 34.1 Å². The Morgan fingerprint density at radius 2 is 2.06 bits per heavy atom. The lowest BCUT2D eigenvalue weighted by Crippen LogP contribution is -2.08. The van der Waals surface area contributed by atoms with E-state index in [0.717, 1.165) is 19.4 Å². The minimum Gasteiger partial charge on any atom is -0.347 e. The molecule has 0 saturated heterocycles. The molecule has 0 spiro atoms. The third-order valence-corrected chi connectivity index (χ3v) is 3.95. The van der Waals surface area contributed by atoms with Gasteiger partial charge in [0.2, 0.25) is 0 Å². The molecule has 0 saturated carbocycles. The summed E-state index contributed by atoms with van der Waals surface area (Å²) in [5, 5.41) is 4.68. The zero-order chi connectivity index (χ0) is 13.1. The maximum Gasteiger partial charge on any atom is 0.0515 e. The SMILES string of the molecule is CCc1cccc2c(CCCNC)c(C)n(C)c12. The molecule has 2 rings (SSSR count).